The van der Waals surface area contributed by atoms with Crippen molar-refractivity contribution in [3.05, 3.63) is 0 Å². The van der Waals surface area contributed by atoms with Gasteiger partial charge >= 0.3 is 0 Å². The Hall–Kier alpha value is 0.790. The molecule has 0 bridgehead atoms. The third-order valence-electron chi connectivity index (χ3n) is 2.30. The maximum atomic E-state index is 5.32. The number of hydrogen-bond donors (Lipinski definition) is 0. The van der Waals surface area contributed by atoms with Gasteiger partial charge in [0.25, 0.3) is 0 Å². The van der Waals surface area contributed by atoms with E-state index in [0.29, 0.717) is 0 Å². The Morgan fingerprint density at radius 2 is 1.16 bits per heavy atom. The number of thioether (sulfide) groups is 2. The van der Waals surface area contributed by atoms with Gasteiger partial charge in [-0.25, -0.2) is 0 Å². The summed E-state index contributed by atoms with van der Waals surface area (Å²) >= 11 is 6.59. The van der Waals surface area contributed by atoms with Crippen molar-refractivity contribution in [1.82, 2.24) is 20.4 Å². The number of aromatic nitrogens is 4. The van der Waals surface area contributed by atoms with Gasteiger partial charge in [-0.05, 0) is 45.3 Å². The van der Waals surface area contributed by atoms with Gasteiger partial charge in [-0.2, -0.15) is 0 Å². The average Bonchev–Trinajstić information content (AvgIpc) is 3.25. The lowest BCUT2D eigenvalue weighted by Crippen LogP contribution is -1.95. The topological polar surface area (TPSA) is 70.0 Å². The summed E-state index contributed by atoms with van der Waals surface area (Å²) in [6.07, 6.45) is 0. The summed E-state index contributed by atoms with van der Waals surface area (Å²) in [5.74, 6) is 1.81. The van der Waals surface area contributed by atoms with Crippen LogP contribution in [0.5, 0.6) is 0 Å². The third-order valence-corrected chi connectivity index (χ3v) is 10.7. The summed E-state index contributed by atoms with van der Waals surface area (Å²) < 4.78 is 14.5. The van der Waals surface area contributed by atoms with Gasteiger partial charge in [0.1, 0.15) is 0 Å². The van der Waals surface area contributed by atoms with E-state index in [4.69, 9.17) is 9.47 Å². The average molecular weight is 475 g/mol. The molecule has 25 heavy (non-hydrogen) atoms. The van der Waals surface area contributed by atoms with Gasteiger partial charge in [0.15, 0.2) is 17.4 Å². The van der Waals surface area contributed by atoms with Gasteiger partial charge in [-0.15, -0.1) is 20.4 Å². The van der Waals surface area contributed by atoms with Crippen LogP contribution < -0.4 is 0 Å². The third kappa shape index (κ3) is 9.51. The van der Waals surface area contributed by atoms with E-state index in [-0.39, 0.29) is 0 Å². The highest BCUT2D eigenvalue weighted by Gasteiger charge is 2.09. The molecule has 6 nitrogen and oxygen atoms in total. The van der Waals surface area contributed by atoms with E-state index in [1.807, 2.05) is 13.8 Å². The van der Waals surface area contributed by atoms with Gasteiger partial charge in [-0.1, -0.05) is 46.2 Å². The molecule has 2 heterocycles. The van der Waals surface area contributed by atoms with Crippen LogP contribution in [0, 0.1) is 0 Å². The molecule has 0 radical (unpaired) electrons. The van der Waals surface area contributed by atoms with Crippen LogP contribution in [0.15, 0.2) is 17.4 Å². The molecule has 2 aromatic heterocycles. The Morgan fingerprint density at radius 1 is 0.720 bits per heavy atom. The summed E-state index contributed by atoms with van der Waals surface area (Å²) in [6, 6.07) is 0. The van der Waals surface area contributed by atoms with Crippen LogP contribution in [0.25, 0.3) is 0 Å². The van der Waals surface area contributed by atoms with E-state index >= 15 is 0 Å². The van der Waals surface area contributed by atoms with Crippen LogP contribution in [0.2, 0.25) is 0 Å². The predicted molar refractivity (Wildman–Crippen MR) is 114 cm³/mol. The Kier molecular flexibility index (Phi) is 12.3. The van der Waals surface area contributed by atoms with Crippen molar-refractivity contribution in [3.8, 4) is 0 Å². The largest absolute Gasteiger partial charge is 0.381 e. The fourth-order valence-corrected chi connectivity index (χ4v) is 9.82. The summed E-state index contributed by atoms with van der Waals surface area (Å²) in [7, 11) is 4.84. The SMILES string of the molecule is CCOCCSc1nnc(SSSc2nnc(SCCOCC)s2)s1. The van der Waals surface area contributed by atoms with E-state index in [0.717, 1.165) is 55.3 Å². The molecule has 2 rings (SSSR count). The van der Waals surface area contributed by atoms with Gasteiger partial charge in [-0.3, -0.25) is 0 Å². The summed E-state index contributed by atoms with van der Waals surface area (Å²) in [6.45, 7) is 7.00. The summed E-state index contributed by atoms with van der Waals surface area (Å²) in [4.78, 5) is 0. The standard InChI is InChI=1S/C12H18N4O2S7/c1-3-17-5-7-19-9-13-15-11(21-9)23-25-24-12-16-14-10(22-12)20-8-6-18-4-2/h3-8H2,1-2H3. The van der Waals surface area contributed by atoms with Crippen molar-refractivity contribution >= 4 is 77.6 Å². The Labute approximate surface area is 175 Å². The Bertz CT molecular complexity index is 547. The lowest BCUT2D eigenvalue weighted by Gasteiger charge is -1.97. The van der Waals surface area contributed by atoms with Crippen LogP contribution in [0.4, 0.5) is 0 Å². The van der Waals surface area contributed by atoms with Crippen molar-refractivity contribution in [3.63, 3.8) is 0 Å². The highest BCUT2D eigenvalue weighted by molar-refractivity contribution is 9.09. The van der Waals surface area contributed by atoms with E-state index in [9.17, 15) is 0 Å². The second-order valence-corrected chi connectivity index (χ2v) is 13.0. The van der Waals surface area contributed by atoms with Crippen LogP contribution in [0.1, 0.15) is 13.8 Å². The molecule has 0 aliphatic heterocycles. The highest BCUT2D eigenvalue weighted by Crippen LogP contribution is 2.47. The van der Waals surface area contributed by atoms with E-state index in [1.54, 1.807) is 77.6 Å². The van der Waals surface area contributed by atoms with Crippen LogP contribution >= 0.6 is 77.6 Å². The Morgan fingerprint density at radius 3 is 1.60 bits per heavy atom. The highest BCUT2D eigenvalue weighted by atomic mass is 33.5. The molecular formula is C12H18N4O2S7. The smallest absolute Gasteiger partial charge is 0.186 e. The number of hydrogen-bond acceptors (Lipinski definition) is 13. The molecule has 0 saturated carbocycles. The van der Waals surface area contributed by atoms with E-state index < -0.39 is 0 Å². The van der Waals surface area contributed by atoms with Crippen molar-refractivity contribution < 1.29 is 9.47 Å². The molecular weight excluding hydrogens is 457 g/mol. The monoisotopic (exact) mass is 474 g/mol. The molecule has 0 fully saturated rings. The second kappa shape index (κ2) is 13.9. The minimum absolute atomic E-state index is 0.746. The van der Waals surface area contributed by atoms with Gasteiger partial charge in [0.05, 0.1) is 13.2 Å². The first-order valence-electron chi connectivity index (χ1n) is 7.41. The Balaban J connectivity index is 1.62. The minimum atomic E-state index is 0.746. The van der Waals surface area contributed by atoms with E-state index in [1.165, 1.54) is 0 Å². The zero-order chi connectivity index (χ0) is 17.7. The van der Waals surface area contributed by atoms with Gasteiger partial charge in [0, 0.05) is 24.7 Å². The zero-order valence-corrected chi connectivity index (χ0v) is 19.4. The lowest BCUT2D eigenvalue weighted by molar-refractivity contribution is 0.164. The van der Waals surface area contributed by atoms with Crippen molar-refractivity contribution in [2.24, 2.45) is 0 Å². The van der Waals surface area contributed by atoms with Gasteiger partial charge < -0.3 is 9.47 Å². The number of ether oxygens (including phenoxy) is 2. The molecule has 0 aliphatic rings. The molecule has 0 amide bonds. The van der Waals surface area contributed by atoms with Crippen molar-refractivity contribution in [2.45, 2.75) is 31.2 Å². The zero-order valence-electron chi connectivity index (χ0n) is 13.7. The number of nitrogens with zero attached hydrogens (tertiary/aromatic N) is 4. The van der Waals surface area contributed by atoms with Crippen molar-refractivity contribution in [2.75, 3.05) is 37.9 Å². The molecule has 0 aromatic carbocycles. The molecule has 0 unspecified atom stereocenters. The molecule has 0 N–H and O–H groups in total. The molecule has 0 spiro atoms. The minimum Gasteiger partial charge on any atom is -0.381 e. The molecule has 140 valence electrons. The summed E-state index contributed by atoms with van der Waals surface area (Å²) in [5.41, 5.74) is 0. The maximum absolute atomic E-state index is 5.32. The lowest BCUT2D eigenvalue weighted by atomic mass is 10.8. The quantitative estimate of drug-likeness (QED) is 0.209. The molecule has 0 atom stereocenters. The maximum Gasteiger partial charge on any atom is 0.186 e. The first-order chi connectivity index (χ1) is 12.3. The summed E-state index contributed by atoms with van der Waals surface area (Å²) in [5, 5.41) is 16.8. The fourth-order valence-electron chi connectivity index (χ4n) is 1.32. The van der Waals surface area contributed by atoms with Gasteiger partial charge in [0.2, 0.25) is 0 Å². The molecule has 2 aromatic rings. The van der Waals surface area contributed by atoms with Crippen LogP contribution in [0.3, 0.4) is 0 Å². The molecule has 0 aliphatic carbocycles. The normalized spacial score (nSPS) is 11.3. The first kappa shape index (κ1) is 22.1. The van der Waals surface area contributed by atoms with Crippen LogP contribution in [-0.2, 0) is 9.47 Å². The van der Waals surface area contributed by atoms with E-state index in [2.05, 4.69) is 20.4 Å². The van der Waals surface area contributed by atoms with Crippen LogP contribution in [-0.4, -0.2) is 58.3 Å². The second-order valence-electron chi connectivity index (χ2n) is 3.99. The fraction of sp³-hybridized carbons (Fsp3) is 0.667. The number of rotatable bonds is 14. The molecule has 13 heteroatoms. The van der Waals surface area contributed by atoms with Crippen molar-refractivity contribution in [1.29, 1.82) is 0 Å². The predicted octanol–water partition coefficient (Wildman–Crippen LogP) is 5.09. The molecule has 0 saturated heterocycles. The first-order valence-corrected chi connectivity index (χ1v) is 14.5.